The van der Waals surface area contributed by atoms with Crippen molar-refractivity contribution in [2.75, 3.05) is 38.1 Å². The Bertz CT molecular complexity index is 659. The Morgan fingerprint density at radius 2 is 1.70 bits per heavy atom. The van der Waals surface area contributed by atoms with Crippen molar-refractivity contribution in [2.45, 2.75) is 6.92 Å². The van der Waals surface area contributed by atoms with Gasteiger partial charge in [0, 0.05) is 31.7 Å². The summed E-state index contributed by atoms with van der Waals surface area (Å²) in [5.74, 6) is 2.61. The molecule has 0 radical (unpaired) electrons. The number of benzene rings is 1. The van der Waals surface area contributed by atoms with E-state index in [1.807, 2.05) is 0 Å². The molecule has 2 atom stereocenters. The second-order valence-corrected chi connectivity index (χ2v) is 6.79. The van der Waals surface area contributed by atoms with Crippen LogP contribution in [-0.4, -0.2) is 48.3 Å². The zero-order valence-electron chi connectivity index (χ0n) is 13.6. The van der Waals surface area contributed by atoms with Gasteiger partial charge in [-0.15, -0.1) is 22.6 Å². The number of likely N-dealkylation sites (tertiary alicyclic amines) is 1. The summed E-state index contributed by atoms with van der Waals surface area (Å²) in [7, 11) is 2.22. The predicted molar refractivity (Wildman–Crippen MR) is 96.1 cm³/mol. The van der Waals surface area contributed by atoms with Crippen molar-refractivity contribution in [3.05, 3.63) is 42.0 Å². The van der Waals surface area contributed by atoms with Crippen molar-refractivity contribution in [3.63, 3.8) is 0 Å². The summed E-state index contributed by atoms with van der Waals surface area (Å²) < 4.78 is 0. The Morgan fingerprint density at radius 3 is 2.30 bits per heavy atom. The van der Waals surface area contributed by atoms with E-state index in [1.54, 1.807) is 0 Å². The van der Waals surface area contributed by atoms with E-state index in [0.29, 0.717) is 0 Å². The maximum atomic E-state index is 4.48. The number of hydrogen-bond donors (Lipinski definition) is 0. The van der Waals surface area contributed by atoms with Gasteiger partial charge in [-0.1, -0.05) is 23.8 Å². The monoisotopic (exact) mass is 330 g/mol. The molecule has 0 spiro atoms. The van der Waals surface area contributed by atoms with E-state index in [9.17, 15) is 0 Å². The van der Waals surface area contributed by atoms with Crippen LogP contribution in [0, 0.1) is 18.8 Å². The molecular weight excluding hydrogens is 308 g/mol. The summed E-state index contributed by atoms with van der Waals surface area (Å²) >= 11 is 0. The average molecular weight is 331 g/mol. The van der Waals surface area contributed by atoms with Crippen LogP contribution in [0.5, 0.6) is 0 Å². The summed E-state index contributed by atoms with van der Waals surface area (Å²) in [6.45, 7) is 6.78. The molecule has 0 bridgehead atoms. The van der Waals surface area contributed by atoms with Crippen LogP contribution in [0.1, 0.15) is 5.56 Å². The summed E-state index contributed by atoms with van der Waals surface area (Å²) in [5, 5.41) is 8.92. The van der Waals surface area contributed by atoms with E-state index < -0.39 is 0 Å². The van der Waals surface area contributed by atoms with Gasteiger partial charge in [0.15, 0.2) is 5.82 Å². The minimum Gasteiger partial charge on any atom is -0.354 e. The van der Waals surface area contributed by atoms with Gasteiger partial charge in [0.05, 0.1) is 5.69 Å². The highest BCUT2D eigenvalue weighted by Gasteiger charge is 2.39. The molecule has 5 heteroatoms. The van der Waals surface area contributed by atoms with Crippen molar-refractivity contribution in [2.24, 2.45) is 11.8 Å². The van der Waals surface area contributed by atoms with Gasteiger partial charge in [0.1, 0.15) is 0 Å². The third-order valence-corrected chi connectivity index (χ3v) is 4.96. The first-order chi connectivity index (χ1) is 10.7. The molecule has 1 aromatic heterocycles. The van der Waals surface area contributed by atoms with Gasteiger partial charge in [-0.2, -0.15) is 0 Å². The molecule has 2 unspecified atom stereocenters. The molecular formula is C18H23ClN4. The lowest BCUT2D eigenvalue weighted by atomic mass is 10.0. The number of halogens is 1. The number of aromatic nitrogens is 2. The Labute approximate surface area is 143 Å². The molecule has 23 heavy (non-hydrogen) atoms. The molecule has 2 aliphatic heterocycles. The Hall–Kier alpha value is -1.65. The fourth-order valence-corrected chi connectivity index (χ4v) is 3.87. The molecule has 4 rings (SSSR count). The van der Waals surface area contributed by atoms with Crippen molar-refractivity contribution < 1.29 is 0 Å². The van der Waals surface area contributed by atoms with E-state index in [1.165, 1.54) is 18.7 Å². The first-order valence-electron chi connectivity index (χ1n) is 8.03. The summed E-state index contributed by atoms with van der Waals surface area (Å²) in [5.41, 5.74) is 3.34. The highest BCUT2D eigenvalue weighted by atomic mass is 35.5. The zero-order chi connectivity index (χ0) is 15.1. The maximum absolute atomic E-state index is 4.48. The fraction of sp³-hybridized carbons (Fsp3) is 0.444. The Kier molecular flexibility index (Phi) is 4.55. The van der Waals surface area contributed by atoms with Gasteiger partial charge in [0.2, 0.25) is 0 Å². The summed E-state index contributed by atoms with van der Waals surface area (Å²) in [4.78, 5) is 4.84. The fourth-order valence-electron chi connectivity index (χ4n) is 3.87. The summed E-state index contributed by atoms with van der Waals surface area (Å²) in [6, 6.07) is 12.6. The van der Waals surface area contributed by atoms with Crippen LogP contribution in [0.2, 0.25) is 0 Å². The Balaban J connectivity index is 0.00000156. The van der Waals surface area contributed by atoms with Gasteiger partial charge in [-0.25, -0.2) is 0 Å². The van der Waals surface area contributed by atoms with Crippen LogP contribution in [0.3, 0.4) is 0 Å². The van der Waals surface area contributed by atoms with Crippen molar-refractivity contribution >= 4 is 18.2 Å². The molecule has 2 fully saturated rings. The van der Waals surface area contributed by atoms with Gasteiger partial charge in [0.25, 0.3) is 0 Å². The second kappa shape index (κ2) is 6.46. The molecule has 2 aromatic rings. The molecule has 2 saturated heterocycles. The van der Waals surface area contributed by atoms with Crippen molar-refractivity contribution in [1.82, 2.24) is 15.1 Å². The standard InChI is InChI=1S/C18H22N4.ClH/c1-13-4-3-5-14(8-13)17-6-7-18(20-19-17)22-11-15-9-21(2)10-16(15)12-22;/h3-8,15-16H,9-12H2,1-2H3;1H. The lowest BCUT2D eigenvalue weighted by Crippen LogP contribution is -2.27. The third kappa shape index (κ3) is 3.19. The normalized spacial score (nSPS) is 23.7. The first-order valence-corrected chi connectivity index (χ1v) is 8.03. The second-order valence-electron chi connectivity index (χ2n) is 6.79. The maximum Gasteiger partial charge on any atom is 0.151 e. The third-order valence-electron chi connectivity index (χ3n) is 4.96. The molecule has 3 heterocycles. The Morgan fingerprint density at radius 1 is 0.957 bits per heavy atom. The van der Waals surface area contributed by atoms with Crippen LogP contribution >= 0.6 is 12.4 Å². The van der Waals surface area contributed by atoms with Crippen LogP contribution in [0.15, 0.2) is 36.4 Å². The molecule has 122 valence electrons. The van der Waals surface area contributed by atoms with Crippen LogP contribution in [0.4, 0.5) is 5.82 Å². The summed E-state index contributed by atoms with van der Waals surface area (Å²) in [6.07, 6.45) is 0. The number of nitrogens with zero attached hydrogens (tertiary/aromatic N) is 4. The first kappa shape index (κ1) is 16.2. The quantitative estimate of drug-likeness (QED) is 0.847. The number of anilines is 1. The predicted octanol–water partition coefficient (Wildman–Crippen LogP) is 2.87. The van der Waals surface area contributed by atoms with Crippen molar-refractivity contribution in [1.29, 1.82) is 0 Å². The lowest BCUT2D eigenvalue weighted by Gasteiger charge is -2.19. The van der Waals surface area contributed by atoms with Gasteiger partial charge in [-0.3, -0.25) is 0 Å². The van der Waals surface area contributed by atoms with E-state index in [-0.39, 0.29) is 12.4 Å². The number of hydrogen-bond acceptors (Lipinski definition) is 4. The van der Waals surface area contributed by atoms with E-state index in [0.717, 1.165) is 42.0 Å². The largest absolute Gasteiger partial charge is 0.354 e. The topological polar surface area (TPSA) is 32.3 Å². The molecule has 4 nitrogen and oxygen atoms in total. The SMILES string of the molecule is Cc1cccc(-c2ccc(N3CC4CN(C)CC4C3)nn2)c1.Cl. The highest BCUT2D eigenvalue weighted by molar-refractivity contribution is 5.85. The van der Waals surface area contributed by atoms with Gasteiger partial charge < -0.3 is 9.80 Å². The highest BCUT2D eigenvalue weighted by Crippen LogP contribution is 2.32. The molecule has 2 aliphatic rings. The van der Waals surface area contributed by atoms with Crippen LogP contribution < -0.4 is 4.90 Å². The van der Waals surface area contributed by atoms with Crippen LogP contribution in [0.25, 0.3) is 11.3 Å². The molecule has 0 saturated carbocycles. The minimum atomic E-state index is 0. The van der Waals surface area contributed by atoms with E-state index in [4.69, 9.17) is 0 Å². The van der Waals surface area contributed by atoms with E-state index in [2.05, 4.69) is 70.4 Å². The number of aryl methyl sites for hydroxylation is 1. The van der Waals surface area contributed by atoms with Crippen molar-refractivity contribution in [3.8, 4) is 11.3 Å². The van der Waals surface area contributed by atoms with Crippen LogP contribution in [-0.2, 0) is 0 Å². The van der Waals surface area contributed by atoms with Gasteiger partial charge in [-0.05, 0) is 44.0 Å². The minimum absolute atomic E-state index is 0. The number of rotatable bonds is 2. The van der Waals surface area contributed by atoms with E-state index >= 15 is 0 Å². The molecule has 0 amide bonds. The molecule has 1 aromatic carbocycles. The number of fused-ring (bicyclic) bond motifs is 1. The smallest absolute Gasteiger partial charge is 0.151 e. The zero-order valence-corrected chi connectivity index (χ0v) is 14.5. The molecule has 0 aliphatic carbocycles. The average Bonchev–Trinajstić information content (AvgIpc) is 3.05. The molecule has 0 N–H and O–H groups in total. The van der Waals surface area contributed by atoms with Gasteiger partial charge >= 0.3 is 0 Å². The lowest BCUT2D eigenvalue weighted by molar-refractivity contribution is 0.387.